The van der Waals surface area contributed by atoms with Gasteiger partial charge < -0.3 is 10.2 Å². The number of carbonyl (C=O) groups excluding carboxylic acids is 2. The zero-order valence-corrected chi connectivity index (χ0v) is 12.0. The third-order valence-electron chi connectivity index (χ3n) is 2.66. The van der Waals surface area contributed by atoms with Crippen molar-refractivity contribution in [1.82, 2.24) is 4.90 Å². The fourth-order valence-corrected chi connectivity index (χ4v) is 1.58. The first kappa shape index (κ1) is 17.0. The molecule has 0 aliphatic carbocycles. The van der Waals surface area contributed by atoms with Gasteiger partial charge in [0, 0.05) is 24.2 Å². The molecule has 1 aromatic carbocycles. The molecule has 0 aliphatic rings. The van der Waals surface area contributed by atoms with Gasteiger partial charge in [0.2, 0.25) is 5.91 Å². The smallest absolute Gasteiger partial charge is 0.333 e. The molecule has 0 fully saturated rings. The molecule has 116 valence electrons. The Bertz CT molecular complexity index is 527. The van der Waals surface area contributed by atoms with E-state index in [9.17, 15) is 22.8 Å². The molecule has 0 aromatic heterocycles. The van der Waals surface area contributed by atoms with E-state index in [0.717, 1.165) is 7.05 Å². The van der Waals surface area contributed by atoms with Crippen LogP contribution in [0.15, 0.2) is 24.3 Å². The lowest BCUT2D eigenvalue weighted by Gasteiger charge is -2.19. The van der Waals surface area contributed by atoms with E-state index in [-0.39, 0.29) is 17.4 Å². The van der Waals surface area contributed by atoms with Gasteiger partial charge in [0.1, 0.15) is 6.54 Å². The van der Waals surface area contributed by atoms with E-state index >= 15 is 0 Å². The highest BCUT2D eigenvalue weighted by Gasteiger charge is 2.31. The molecular formula is C14H17F3N2O2. The Labute approximate surface area is 120 Å². The molecule has 7 heteroatoms. The predicted molar refractivity (Wildman–Crippen MR) is 72.9 cm³/mol. The Balaban J connectivity index is 2.84. The average Bonchev–Trinajstić information content (AvgIpc) is 2.36. The Morgan fingerprint density at radius 3 is 2.43 bits per heavy atom. The van der Waals surface area contributed by atoms with Crippen LogP contribution in [0.3, 0.4) is 0 Å². The van der Waals surface area contributed by atoms with Crippen LogP contribution >= 0.6 is 0 Å². The molecule has 0 saturated heterocycles. The molecule has 2 amide bonds. The van der Waals surface area contributed by atoms with E-state index in [2.05, 4.69) is 5.32 Å². The molecule has 0 atom stereocenters. The first-order valence-corrected chi connectivity index (χ1v) is 6.33. The van der Waals surface area contributed by atoms with Gasteiger partial charge >= 0.3 is 6.18 Å². The summed E-state index contributed by atoms with van der Waals surface area (Å²) in [4.78, 5) is 24.1. The van der Waals surface area contributed by atoms with Crippen molar-refractivity contribution in [3.8, 4) is 0 Å². The second-order valence-corrected chi connectivity index (χ2v) is 5.00. The summed E-state index contributed by atoms with van der Waals surface area (Å²) in [6.07, 6.45) is -4.45. The minimum absolute atomic E-state index is 0.0864. The molecule has 0 spiro atoms. The van der Waals surface area contributed by atoms with Crippen LogP contribution in [0.25, 0.3) is 0 Å². The molecule has 0 radical (unpaired) electrons. The maximum absolute atomic E-state index is 12.3. The van der Waals surface area contributed by atoms with Gasteiger partial charge in [-0.3, -0.25) is 9.59 Å². The van der Waals surface area contributed by atoms with Gasteiger partial charge in [-0.2, -0.15) is 13.2 Å². The molecule has 0 saturated carbocycles. The zero-order valence-electron chi connectivity index (χ0n) is 12.0. The SMILES string of the molecule is CC(C)C(=O)Nc1cccc(C(=O)N(C)CC(F)(F)F)c1. The second-order valence-electron chi connectivity index (χ2n) is 5.00. The van der Waals surface area contributed by atoms with Crippen LogP contribution in [-0.2, 0) is 4.79 Å². The number of amides is 2. The van der Waals surface area contributed by atoms with Crippen molar-refractivity contribution in [2.45, 2.75) is 20.0 Å². The molecule has 0 aliphatic heterocycles. The lowest BCUT2D eigenvalue weighted by Crippen LogP contribution is -2.35. The van der Waals surface area contributed by atoms with Crippen LogP contribution in [0, 0.1) is 5.92 Å². The molecule has 0 bridgehead atoms. The topological polar surface area (TPSA) is 49.4 Å². The Morgan fingerprint density at radius 1 is 1.29 bits per heavy atom. The normalized spacial score (nSPS) is 11.4. The van der Waals surface area contributed by atoms with Crippen LogP contribution in [-0.4, -0.2) is 36.5 Å². The number of halogens is 3. The summed E-state index contributed by atoms with van der Waals surface area (Å²) >= 11 is 0. The van der Waals surface area contributed by atoms with Crippen LogP contribution in [0.5, 0.6) is 0 Å². The third-order valence-corrected chi connectivity index (χ3v) is 2.66. The van der Waals surface area contributed by atoms with E-state index in [0.29, 0.717) is 10.6 Å². The molecule has 1 rings (SSSR count). The van der Waals surface area contributed by atoms with E-state index in [1.54, 1.807) is 19.9 Å². The van der Waals surface area contributed by atoms with Crippen LogP contribution < -0.4 is 5.32 Å². The number of hydrogen-bond donors (Lipinski definition) is 1. The molecule has 1 N–H and O–H groups in total. The number of carbonyl (C=O) groups is 2. The van der Waals surface area contributed by atoms with Gasteiger partial charge in [0.05, 0.1) is 0 Å². The Kier molecular flexibility index (Phi) is 5.34. The van der Waals surface area contributed by atoms with Gasteiger partial charge in [-0.15, -0.1) is 0 Å². The summed E-state index contributed by atoms with van der Waals surface area (Å²) in [5, 5.41) is 2.59. The zero-order chi connectivity index (χ0) is 16.2. The predicted octanol–water partition coefficient (Wildman–Crippen LogP) is 2.92. The first-order valence-electron chi connectivity index (χ1n) is 6.33. The van der Waals surface area contributed by atoms with Crippen molar-refractivity contribution >= 4 is 17.5 Å². The summed E-state index contributed by atoms with van der Waals surface area (Å²) in [5.41, 5.74) is 0.461. The number of nitrogens with one attached hydrogen (secondary N) is 1. The standard InChI is InChI=1S/C14H17F3N2O2/c1-9(2)12(20)18-11-6-4-5-10(7-11)13(21)19(3)8-14(15,16)17/h4-7,9H,8H2,1-3H3,(H,18,20). The molecule has 0 unspecified atom stereocenters. The highest BCUT2D eigenvalue weighted by molar-refractivity contribution is 5.97. The van der Waals surface area contributed by atoms with Gasteiger partial charge in [0.15, 0.2) is 0 Å². The Morgan fingerprint density at radius 2 is 1.90 bits per heavy atom. The van der Waals surface area contributed by atoms with Crippen molar-refractivity contribution in [3.63, 3.8) is 0 Å². The number of hydrogen-bond acceptors (Lipinski definition) is 2. The quantitative estimate of drug-likeness (QED) is 0.929. The van der Waals surface area contributed by atoms with Gasteiger partial charge in [0.25, 0.3) is 5.91 Å². The summed E-state index contributed by atoms with van der Waals surface area (Å²) in [6.45, 7) is 2.09. The highest BCUT2D eigenvalue weighted by Crippen LogP contribution is 2.18. The molecule has 4 nitrogen and oxygen atoms in total. The number of anilines is 1. The lowest BCUT2D eigenvalue weighted by atomic mass is 10.1. The maximum atomic E-state index is 12.3. The van der Waals surface area contributed by atoms with Crippen LogP contribution in [0.2, 0.25) is 0 Å². The van der Waals surface area contributed by atoms with Crippen molar-refractivity contribution in [1.29, 1.82) is 0 Å². The Hall–Kier alpha value is -2.05. The number of benzene rings is 1. The van der Waals surface area contributed by atoms with Crippen molar-refractivity contribution in [3.05, 3.63) is 29.8 Å². The van der Waals surface area contributed by atoms with E-state index in [1.807, 2.05) is 0 Å². The van der Waals surface area contributed by atoms with Crippen molar-refractivity contribution in [2.75, 3.05) is 18.9 Å². The maximum Gasteiger partial charge on any atom is 0.406 e. The van der Waals surface area contributed by atoms with Crippen LogP contribution in [0.1, 0.15) is 24.2 Å². The molecule has 21 heavy (non-hydrogen) atoms. The largest absolute Gasteiger partial charge is 0.406 e. The first-order chi connectivity index (χ1) is 9.60. The van der Waals surface area contributed by atoms with Gasteiger partial charge in [-0.25, -0.2) is 0 Å². The van der Waals surface area contributed by atoms with E-state index in [1.165, 1.54) is 18.2 Å². The average molecular weight is 302 g/mol. The minimum atomic E-state index is -4.45. The monoisotopic (exact) mass is 302 g/mol. The van der Waals surface area contributed by atoms with Crippen molar-refractivity contribution in [2.24, 2.45) is 5.92 Å². The summed E-state index contributed by atoms with van der Waals surface area (Å²) in [6, 6.07) is 5.83. The molecular weight excluding hydrogens is 285 g/mol. The minimum Gasteiger partial charge on any atom is -0.333 e. The lowest BCUT2D eigenvalue weighted by molar-refractivity contribution is -0.138. The van der Waals surface area contributed by atoms with E-state index < -0.39 is 18.6 Å². The third kappa shape index (κ3) is 5.45. The number of nitrogens with zero attached hydrogens (tertiary/aromatic N) is 1. The molecule has 1 aromatic rings. The fraction of sp³-hybridized carbons (Fsp3) is 0.429. The highest BCUT2D eigenvalue weighted by atomic mass is 19.4. The summed E-state index contributed by atoms with van der Waals surface area (Å²) in [7, 11) is 1.08. The molecule has 0 heterocycles. The number of rotatable bonds is 4. The van der Waals surface area contributed by atoms with E-state index in [4.69, 9.17) is 0 Å². The second kappa shape index (κ2) is 6.60. The fourth-order valence-electron chi connectivity index (χ4n) is 1.58. The van der Waals surface area contributed by atoms with Gasteiger partial charge in [-0.1, -0.05) is 19.9 Å². The number of alkyl halides is 3. The summed E-state index contributed by atoms with van der Waals surface area (Å²) in [5.74, 6) is -1.23. The van der Waals surface area contributed by atoms with Crippen molar-refractivity contribution < 1.29 is 22.8 Å². The van der Waals surface area contributed by atoms with Crippen LogP contribution in [0.4, 0.5) is 18.9 Å². The van der Waals surface area contributed by atoms with Gasteiger partial charge in [-0.05, 0) is 18.2 Å². The summed E-state index contributed by atoms with van der Waals surface area (Å²) < 4.78 is 36.8.